The molecule has 29 heavy (non-hydrogen) atoms. The van der Waals surface area contributed by atoms with Gasteiger partial charge >= 0.3 is 0 Å². The van der Waals surface area contributed by atoms with Gasteiger partial charge in [-0.3, -0.25) is 14.3 Å². The molecule has 4 heterocycles. The van der Waals surface area contributed by atoms with E-state index >= 15 is 0 Å². The lowest BCUT2D eigenvalue weighted by atomic mass is 10.2. The Balaban J connectivity index is 1.53. The highest BCUT2D eigenvalue weighted by Crippen LogP contribution is 2.27. The number of aromatic nitrogens is 4. The second-order valence-corrected chi connectivity index (χ2v) is 8.06. The van der Waals surface area contributed by atoms with Crippen LogP contribution in [0.2, 0.25) is 0 Å². The maximum absolute atomic E-state index is 13.2. The lowest BCUT2D eigenvalue weighted by molar-refractivity contribution is 0.575. The van der Waals surface area contributed by atoms with Gasteiger partial charge in [0, 0.05) is 11.9 Å². The van der Waals surface area contributed by atoms with Crippen LogP contribution in [0.25, 0.3) is 27.4 Å². The first kappa shape index (κ1) is 17.8. The average Bonchev–Trinajstić information content (AvgIpc) is 3.45. The zero-order valence-electron chi connectivity index (χ0n) is 15.1. The molecule has 0 fully saturated rings. The summed E-state index contributed by atoms with van der Waals surface area (Å²) >= 11 is 3.02. The van der Waals surface area contributed by atoms with Gasteiger partial charge in [0.1, 0.15) is 6.26 Å². The molecule has 0 spiro atoms. The fraction of sp³-hybridized carbons (Fsp3) is 0.0476. The molecule has 0 atom stereocenters. The van der Waals surface area contributed by atoms with Crippen molar-refractivity contribution in [1.82, 2.24) is 19.5 Å². The van der Waals surface area contributed by atoms with Gasteiger partial charge in [-0.25, -0.2) is 9.97 Å². The second kappa shape index (κ2) is 7.65. The molecule has 142 valence electrons. The first-order valence-corrected chi connectivity index (χ1v) is 10.7. The second-order valence-electron chi connectivity index (χ2n) is 6.17. The summed E-state index contributed by atoms with van der Waals surface area (Å²) in [6.45, 7) is 0. The molecule has 0 aliphatic rings. The number of para-hydroxylation sites is 1. The van der Waals surface area contributed by atoms with Crippen molar-refractivity contribution in [3.05, 3.63) is 88.6 Å². The van der Waals surface area contributed by atoms with E-state index in [4.69, 9.17) is 9.40 Å². The van der Waals surface area contributed by atoms with Crippen molar-refractivity contribution in [3.63, 3.8) is 0 Å². The summed E-state index contributed by atoms with van der Waals surface area (Å²) in [6.07, 6.45) is 4.99. The zero-order chi connectivity index (χ0) is 19.6. The Labute approximate surface area is 173 Å². The Morgan fingerprint density at radius 3 is 2.83 bits per heavy atom. The van der Waals surface area contributed by atoms with Crippen LogP contribution in [0.1, 0.15) is 5.69 Å². The topological polar surface area (TPSA) is 73.8 Å². The number of pyridine rings is 1. The van der Waals surface area contributed by atoms with Crippen LogP contribution in [-0.4, -0.2) is 19.5 Å². The minimum absolute atomic E-state index is 0.120. The summed E-state index contributed by atoms with van der Waals surface area (Å²) < 4.78 is 7.19. The lowest BCUT2D eigenvalue weighted by Crippen LogP contribution is -2.21. The molecule has 0 N–H and O–H groups in total. The SMILES string of the molecule is O=c1c2ccccc2nc(SCc2coc(-c3cccs3)n2)n1-c1cccnc1. The molecular weight excluding hydrogens is 404 g/mol. The van der Waals surface area contributed by atoms with Gasteiger partial charge in [-0.1, -0.05) is 30.0 Å². The van der Waals surface area contributed by atoms with Crippen LogP contribution in [-0.2, 0) is 5.75 Å². The fourth-order valence-corrected chi connectivity index (χ4v) is 4.49. The molecule has 5 rings (SSSR count). The maximum atomic E-state index is 13.2. The van der Waals surface area contributed by atoms with E-state index in [0.717, 1.165) is 10.6 Å². The van der Waals surface area contributed by atoms with Crippen molar-refractivity contribution in [2.45, 2.75) is 10.9 Å². The number of hydrogen-bond donors (Lipinski definition) is 0. The largest absolute Gasteiger partial charge is 0.444 e. The Morgan fingerprint density at radius 1 is 1.07 bits per heavy atom. The molecule has 4 aromatic heterocycles. The zero-order valence-corrected chi connectivity index (χ0v) is 16.7. The molecule has 0 aliphatic heterocycles. The van der Waals surface area contributed by atoms with E-state index < -0.39 is 0 Å². The van der Waals surface area contributed by atoms with Crippen molar-refractivity contribution in [1.29, 1.82) is 0 Å². The van der Waals surface area contributed by atoms with Crippen molar-refractivity contribution >= 4 is 34.0 Å². The summed E-state index contributed by atoms with van der Waals surface area (Å²) in [5.74, 6) is 1.13. The van der Waals surface area contributed by atoms with E-state index in [1.807, 2.05) is 41.8 Å². The van der Waals surface area contributed by atoms with Crippen molar-refractivity contribution in [3.8, 4) is 16.5 Å². The van der Waals surface area contributed by atoms with E-state index in [9.17, 15) is 4.79 Å². The molecule has 5 aromatic rings. The first-order valence-electron chi connectivity index (χ1n) is 8.83. The summed E-state index contributed by atoms with van der Waals surface area (Å²) in [5.41, 5.74) is 2.02. The molecule has 0 amide bonds. The Bertz CT molecular complexity index is 1330. The van der Waals surface area contributed by atoms with Gasteiger partial charge in [0.2, 0.25) is 5.89 Å². The van der Waals surface area contributed by atoms with Crippen LogP contribution in [0.5, 0.6) is 0 Å². The molecule has 8 heteroatoms. The van der Waals surface area contributed by atoms with Crippen LogP contribution in [0.3, 0.4) is 0 Å². The summed E-state index contributed by atoms with van der Waals surface area (Å²) in [6, 6.07) is 14.9. The smallest absolute Gasteiger partial charge is 0.266 e. The van der Waals surface area contributed by atoms with Crippen molar-refractivity contribution in [2.24, 2.45) is 0 Å². The third kappa shape index (κ3) is 3.48. The van der Waals surface area contributed by atoms with E-state index in [1.165, 1.54) is 11.8 Å². The molecule has 6 nitrogen and oxygen atoms in total. The van der Waals surface area contributed by atoms with Crippen molar-refractivity contribution in [2.75, 3.05) is 0 Å². The van der Waals surface area contributed by atoms with Gasteiger partial charge in [-0.2, -0.15) is 0 Å². The molecule has 0 aliphatic carbocycles. The predicted octanol–water partition coefficient (Wildman–Crippen LogP) is 4.79. The van der Waals surface area contributed by atoms with E-state index in [1.54, 1.807) is 46.7 Å². The first-order chi connectivity index (χ1) is 14.3. The van der Waals surface area contributed by atoms with Crippen molar-refractivity contribution < 1.29 is 4.42 Å². The normalized spacial score (nSPS) is 11.2. The quantitative estimate of drug-likeness (QED) is 0.302. The number of thioether (sulfide) groups is 1. The van der Waals surface area contributed by atoms with Gasteiger partial charge in [0.15, 0.2) is 5.16 Å². The number of benzene rings is 1. The molecule has 0 saturated heterocycles. The van der Waals surface area contributed by atoms with Gasteiger partial charge in [0.25, 0.3) is 5.56 Å². The molecule has 0 bridgehead atoms. The Kier molecular flexibility index (Phi) is 4.71. The Morgan fingerprint density at radius 2 is 2.00 bits per heavy atom. The Hall–Kier alpha value is -3.23. The average molecular weight is 419 g/mol. The predicted molar refractivity (Wildman–Crippen MR) is 115 cm³/mol. The number of oxazole rings is 1. The minimum atomic E-state index is -0.120. The monoisotopic (exact) mass is 418 g/mol. The number of fused-ring (bicyclic) bond motifs is 1. The molecular formula is C21H14N4O2S2. The van der Waals surface area contributed by atoms with Crippen LogP contribution < -0.4 is 5.56 Å². The van der Waals surface area contributed by atoms with E-state index in [0.29, 0.717) is 33.4 Å². The summed E-state index contributed by atoms with van der Waals surface area (Å²) in [5, 5.41) is 3.14. The third-order valence-corrected chi connectivity index (χ3v) is 6.11. The van der Waals surface area contributed by atoms with Gasteiger partial charge in [0.05, 0.1) is 33.4 Å². The number of rotatable bonds is 5. The standard InChI is InChI=1S/C21H14N4O2S2/c26-20-16-6-1-2-7-17(16)24-21(25(20)15-5-3-9-22-11-15)29-13-14-12-27-19(23-14)18-8-4-10-28-18/h1-12H,13H2. The lowest BCUT2D eigenvalue weighted by Gasteiger charge is -2.12. The van der Waals surface area contributed by atoms with E-state index in [-0.39, 0.29) is 5.56 Å². The fourth-order valence-electron chi connectivity index (χ4n) is 2.95. The molecule has 0 saturated carbocycles. The van der Waals surface area contributed by atoms with Crippen LogP contribution in [0.4, 0.5) is 0 Å². The number of nitrogens with zero attached hydrogens (tertiary/aromatic N) is 4. The highest BCUT2D eigenvalue weighted by Gasteiger charge is 2.15. The van der Waals surface area contributed by atoms with Crippen LogP contribution in [0.15, 0.2) is 86.9 Å². The summed E-state index contributed by atoms with van der Waals surface area (Å²) in [7, 11) is 0. The minimum Gasteiger partial charge on any atom is -0.444 e. The maximum Gasteiger partial charge on any atom is 0.266 e. The highest BCUT2D eigenvalue weighted by molar-refractivity contribution is 7.98. The number of hydrogen-bond acceptors (Lipinski definition) is 7. The number of thiophene rings is 1. The highest BCUT2D eigenvalue weighted by atomic mass is 32.2. The molecule has 1 aromatic carbocycles. The van der Waals surface area contributed by atoms with Gasteiger partial charge in [-0.15, -0.1) is 11.3 Å². The van der Waals surface area contributed by atoms with Crippen LogP contribution in [0, 0.1) is 0 Å². The van der Waals surface area contributed by atoms with Crippen LogP contribution >= 0.6 is 23.1 Å². The molecule has 0 unspecified atom stereocenters. The molecule has 0 radical (unpaired) electrons. The summed E-state index contributed by atoms with van der Waals surface area (Å²) in [4.78, 5) is 27.6. The van der Waals surface area contributed by atoms with Gasteiger partial charge < -0.3 is 4.42 Å². The van der Waals surface area contributed by atoms with Gasteiger partial charge in [-0.05, 0) is 35.7 Å². The van der Waals surface area contributed by atoms with E-state index in [2.05, 4.69) is 9.97 Å². The third-order valence-electron chi connectivity index (χ3n) is 4.28.